The number of rotatable bonds is 2. The molecule has 19 heavy (non-hydrogen) atoms. The summed E-state index contributed by atoms with van der Waals surface area (Å²) in [5.41, 5.74) is 0.805. The predicted molar refractivity (Wildman–Crippen MR) is 75.4 cm³/mol. The highest BCUT2D eigenvalue weighted by molar-refractivity contribution is 7.08. The van der Waals surface area contributed by atoms with Crippen molar-refractivity contribution in [1.82, 2.24) is 9.80 Å². The van der Waals surface area contributed by atoms with Gasteiger partial charge in [-0.3, -0.25) is 9.69 Å². The van der Waals surface area contributed by atoms with Crippen LogP contribution in [0.25, 0.3) is 0 Å². The highest BCUT2D eigenvalue weighted by Gasteiger charge is 2.33. The topological polar surface area (TPSA) is 43.8 Å². The highest BCUT2D eigenvalue weighted by Crippen LogP contribution is 2.25. The maximum Gasteiger partial charge on any atom is 0.254 e. The minimum absolute atomic E-state index is 0.146. The molecule has 1 saturated carbocycles. The molecular formula is C14H20N2O2S. The van der Waals surface area contributed by atoms with E-state index in [0.29, 0.717) is 6.04 Å². The van der Waals surface area contributed by atoms with Crippen molar-refractivity contribution >= 4 is 17.2 Å². The van der Waals surface area contributed by atoms with Gasteiger partial charge in [0.25, 0.3) is 5.91 Å². The predicted octanol–water partition coefficient (Wildman–Crippen LogP) is 1.42. The van der Waals surface area contributed by atoms with Crippen LogP contribution in [0.1, 0.15) is 29.6 Å². The van der Waals surface area contributed by atoms with Gasteiger partial charge >= 0.3 is 0 Å². The number of hydrogen-bond acceptors (Lipinski definition) is 4. The first-order valence-corrected chi connectivity index (χ1v) is 7.93. The molecule has 1 aliphatic carbocycles. The summed E-state index contributed by atoms with van der Waals surface area (Å²) in [6, 6.07) is 2.21. The van der Waals surface area contributed by atoms with Gasteiger partial charge in [-0.15, -0.1) is 0 Å². The zero-order valence-electron chi connectivity index (χ0n) is 11.0. The summed E-state index contributed by atoms with van der Waals surface area (Å²) in [6.45, 7) is 3.32. The molecule has 2 aliphatic rings. The minimum Gasteiger partial charge on any atom is -0.391 e. The second-order valence-electron chi connectivity index (χ2n) is 5.41. The Bertz CT molecular complexity index is 427. The fraction of sp³-hybridized carbons (Fsp3) is 0.643. The number of carbonyl (C=O) groups is 1. The van der Waals surface area contributed by atoms with Crippen LogP contribution in [-0.4, -0.2) is 59.1 Å². The summed E-state index contributed by atoms with van der Waals surface area (Å²) >= 11 is 1.56. The molecule has 104 valence electrons. The van der Waals surface area contributed by atoms with E-state index in [1.807, 2.05) is 21.7 Å². The number of thiophene rings is 1. The van der Waals surface area contributed by atoms with Crippen molar-refractivity contribution < 1.29 is 9.90 Å². The number of aliphatic hydroxyl groups is 1. The normalized spacial score (nSPS) is 28.8. The van der Waals surface area contributed by atoms with E-state index in [2.05, 4.69) is 4.90 Å². The van der Waals surface area contributed by atoms with Crippen LogP contribution >= 0.6 is 11.3 Å². The van der Waals surface area contributed by atoms with Crippen LogP contribution in [0.15, 0.2) is 16.8 Å². The highest BCUT2D eigenvalue weighted by atomic mass is 32.1. The summed E-state index contributed by atoms with van der Waals surface area (Å²) in [4.78, 5) is 16.5. The number of aliphatic hydroxyl groups excluding tert-OH is 1. The maximum absolute atomic E-state index is 12.2. The van der Waals surface area contributed by atoms with Crippen molar-refractivity contribution in [3.8, 4) is 0 Å². The van der Waals surface area contributed by atoms with E-state index < -0.39 is 0 Å². The van der Waals surface area contributed by atoms with E-state index in [4.69, 9.17) is 0 Å². The first-order valence-electron chi connectivity index (χ1n) is 6.99. The van der Waals surface area contributed by atoms with Crippen LogP contribution in [0.5, 0.6) is 0 Å². The Kier molecular flexibility index (Phi) is 3.86. The zero-order chi connectivity index (χ0) is 13.2. The lowest BCUT2D eigenvalue weighted by Gasteiger charge is -2.39. The largest absolute Gasteiger partial charge is 0.391 e. The molecule has 1 aromatic heterocycles. The molecule has 2 fully saturated rings. The Morgan fingerprint density at radius 1 is 1.26 bits per heavy atom. The van der Waals surface area contributed by atoms with Crippen LogP contribution < -0.4 is 0 Å². The SMILES string of the molecule is O=C(c1ccsc1)N1CCN(C2CCCC2O)CC1. The van der Waals surface area contributed by atoms with Gasteiger partial charge in [0.2, 0.25) is 0 Å². The van der Waals surface area contributed by atoms with Gasteiger partial charge in [-0.25, -0.2) is 0 Å². The number of amides is 1. The van der Waals surface area contributed by atoms with Gasteiger partial charge in [-0.2, -0.15) is 11.3 Å². The van der Waals surface area contributed by atoms with Crippen molar-refractivity contribution in [1.29, 1.82) is 0 Å². The molecule has 4 nitrogen and oxygen atoms in total. The third kappa shape index (κ3) is 2.68. The number of hydrogen-bond donors (Lipinski definition) is 1. The second-order valence-corrected chi connectivity index (χ2v) is 6.19. The van der Waals surface area contributed by atoms with Crippen LogP contribution in [-0.2, 0) is 0 Å². The second kappa shape index (κ2) is 5.61. The molecular weight excluding hydrogens is 260 g/mol. The van der Waals surface area contributed by atoms with E-state index in [9.17, 15) is 9.90 Å². The number of nitrogens with zero attached hydrogens (tertiary/aromatic N) is 2. The average molecular weight is 280 g/mol. The number of piperazine rings is 1. The fourth-order valence-electron chi connectivity index (χ4n) is 3.17. The van der Waals surface area contributed by atoms with Crippen molar-refractivity contribution in [2.75, 3.05) is 26.2 Å². The molecule has 1 aliphatic heterocycles. The molecule has 1 aromatic rings. The summed E-state index contributed by atoms with van der Waals surface area (Å²) < 4.78 is 0. The lowest BCUT2D eigenvalue weighted by Crippen LogP contribution is -2.53. The van der Waals surface area contributed by atoms with Crippen LogP contribution in [0, 0.1) is 0 Å². The van der Waals surface area contributed by atoms with Crippen LogP contribution in [0.2, 0.25) is 0 Å². The molecule has 2 atom stereocenters. The molecule has 2 unspecified atom stereocenters. The molecule has 1 N–H and O–H groups in total. The molecule has 0 spiro atoms. The summed E-state index contributed by atoms with van der Waals surface area (Å²) in [6.07, 6.45) is 2.98. The summed E-state index contributed by atoms with van der Waals surface area (Å²) in [5, 5.41) is 13.8. The van der Waals surface area contributed by atoms with E-state index in [-0.39, 0.29) is 12.0 Å². The van der Waals surface area contributed by atoms with Gasteiger partial charge < -0.3 is 10.0 Å². The van der Waals surface area contributed by atoms with Crippen LogP contribution in [0.4, 0.5) is 0 Å². The molecule has 0 radical (unpaired) electrons. The van der Waals surface area contributed by atoms with E-state index >= 15 is 0 Å². The van der Waals surface area contributed by atoms with E-state index in [1.54, 1.807) is 11.3 Å². The minimum atomic E-state index is -0.167. The third-order valence-electron chi connectivity index (χ3n) is 4.28. The molecule has 5 heteroatoms. The van der Waals surface area contributed by atoms with Gasteiger partial charge in [0.05, 0.1) is 11.7 Å². The Labute approximate surface area is 117 Å². The molecule has 0 bridgehead atoms. The zero-order valence-corrected chi connectivity index (χ0v) is 11.8. The van der Waals surface area contributed by atoms with Crippen molar-refractivity contribution in [2.24, 2.45) is 0 Å². The van der Waals surface area contributed by atoms with Gasteiger partial charge in [-0.1, -0.05) is 0 Å². The first-order chi connectivity index (χ1) is 9.25. The Hall–Kier alpha value is -0.910. The van der Waals surface area contributed by atoms with Gasteiger partial charge in [0.15, 0.2) is 0 Å². The Balaban J connectivity index is 1.56. The maximum atomic E-state index is 12.2. The van der Waals surface area contributed by atoms with Crippen LogP contribution in [0.3, 0.4) is 0 Å². The lowest BCUT2D eigenvalue weighted by molar-refractivity contribution is 0.0316. The van der Waals surface area contributed by atoms with Gasteiger partial charge in [0.1, 0.15) is 0 Å². The Morgan fingerprint density at radius 3 is 2.63 bits per heavy atom. The van der Waals surface area contributed by atoms with Gasteiger partial charge in [-0.05, 0) is 30.7 Å². The summed E-state index contributed by atoms with van der Waals surface area (Å²) in [5.74, 6) is 0.146. The standard InChI is InChI=1S/C14H20N2O2S/c17-13-3-1-2-12(13)15-5-7-16(8-6-15)14(18)11-4-9-19-10-11/h4,9-10,12-13,17H,1-3,5-8H2. The molecule has 3 rings (SSSR count). The first kappa shape index (κ1) is 13.1. The lowest BCUT2D eigenvalue weighted by atomic mass is 10.1. The quantitative estimate of drug-likeness (QED) is 0.891. The smallest absolute Gasteiger partial charge is 0.254 e. The molecule has 1 saturated heterocycles. The van der Waals surface area contributed by atoms with Gasteiger partial charge in [0, 0.05) is 37.6 Å². The molecule has 0 aromatic carbocycles. The molecule has 2 heterocycles. The third-order valence-corrected chi connectivity index (χ3v) is 4.97. The van der Waals surface area contributed by atoms with E-state index in [1.165, 1.54) is 0 Å². The monoisotopic (exact) mass is 280 g/mol. The fourth-order valence-corrected chi connectivity index (χ4v) is 3.80. The number of carbonyl (C=O) groups excluding carboxylic acids is 1. The molecule has 1 amide bonds. The van der Waals surface area contributed by atoms with Crippen molar-refractivity contribution in [3.05, 3.63) is 22.4 Å². The van der Waals surface area contributed by atoms with Crippen molar-refractivity contribution in [2.45, 2.75) is 31.4 Å². The Morgan fingerprint density at radius 2 is 2.05 bits per heavy atom. The van der Waals surface area contributed by atoms with Crippen molar-refractivity contribution in [3.63, 3.8) is 0 Å². The average Bonchev–Trinajstić information content (AvgIpc) is 3.09. The summed E-state index contributed by atoms with van der Waals surface area (Å²) in [7, 11) is 0. The van der Waals surface area contributed by atoms with E-state index in [0.717, 1.165) is 51.0 Å².